The summed E-state index contributed by atoms with van der Waals surface area (Å²) in [7, 11) is 3.81. The van der Waals surface area contributed by atoms with E-state index in [2.05, 4.69) is 62.5 Å². The van der Waals surface area contributed by atoms with Gasteiger partial charge in [0, 0.05) is 25.5 Å². The molecule has 0 heterocycles. The Labute approximate surface area is 371 Å². The first-order chi connectivity index (χ1) is 29.8. The molecule has 9 nitrogen and oxygen atoms in total. The predicted octanol–water partition coefficient (Wildman–Crippen LogP) is 13.2. The van der Waals surface area contributed by atoms with Crippen molar-refractivity contribution < 1.29 is 38.1 Å². The number of esters is 3. The van der Waals surface area contributed by atoms with E-state index in [1.54, 1.807) is 18.2 Å². The second-order valence-electron chi connectivity index (χ2n) is 16.1. The second-order valence-corrected chi connectivity index (χ2v) is 16.1. The molecule has 0 saturated heterocycles. The van der Waals surface area contributed by atoms with Crippen molar-refractivity contribution >= 4 is 17.9 Å². The molecule has 0 aliphatic rings. The Hall–Kier alpha value is -3.85. The van der Waals surface area contributed by atoms with E-state index in [1.165, 1.54) is 77.0 Å². The van der Waals surface area contributed by atoms with Crippen LogP contribution < -0.4 is 9.47 Å². The van der Waals surface area contributed by atoms with Crippen LogP contribution in [0, 0.1) is 0 Å². The fourth-order valence-electron chi connectivity index (χ4n) is 6.37. The van der Waals surface area contributed by atoms with Gasteiger partial charge in [-0.15, -0.1) is 0 Å². The minimum Gasteiger partial charge on any atom is -0.490 e. The molecule has 61 heavy (non-hydrogen) atoms. The maximum absolute atomic E-state index is 12.3. The van der Waals surface area contributed by atoms with Crippen molar-refractivity contribution in [3.8, 4) is 11.5 Å². The van der Waals surface area contributed by atoms with Crippen LogP contribution in [0.3, 0.4) is 0 Å². The molecule has 1 rings (SSSR count). The molecule has 0 radical (unpaired) electrons. The van der Waals surface area contributed by atoms with Gasteiger partial charge in [-0.05, 0) is 109 Å². The molecule has 0 spiro atoms. The van der Waals surface area contributed by atoms with Crippen LogP contribution in [0.15, 0.2) is 66.8 Å². The maximum Gasteiger partial charge on any atom is 0.307 e. The average molecular weight is 852 g/mol. The fraction of sp³-hybridized carbons (Fsp3) is 0.673. The predicted molar refractivity (Wildman–Crippen MR) is 251 cm³/mol. The standard InChI is InChI=1S/C52H85NO8/c1-5-7-9-11-13-15-17-19-21-23-25-27-29-31-33-35-50(54)59-41-39-57-48-43-47(46-61-52(56)37-38-53(3)4)44-49(45-48)58-40-42-60-51(55)36-34-32-30-28-26-24-22-20-18-16-14-12-10-8-6-2/h13-16,19-22,43-45H,5-12,17-18,23-42,46H2,1-4H3/b15-13-,16-14-,21-19-,22-20-. The molecule has 1 aromatic carbocycles. The van der Waals surface area contributed by atoms with Crippen molar-refractivity contribution in [2.24, 2.45) is 0 Å². The third kappa shape index (κ3) is 37.6. The summed E-state index contributed by atoms with van der Waals surface area (Å²) in [5.74, 6) is 0.262. The highest BCUT2D eigenvalue weighted by molar-refractivity contribution is 5.70. The number of rotatable bonds is 41. The lowest BCUT2D eigenvalue weighted by molar-refractivity contribution is -0.145. The Balaban J connectivity index is 2.33. The molecule has 0 saturated carbocycles. The highest BCUT2D eigenvalue weighted by Gasteiger charge is 2.10. The van der Waals surface area contributed by atoms with Crippen molar-refractivity contribution in [1.29, 1.82) is 0 Å². The number of hydrogen-bond acceptors (Lipinski definition) is 9. The minimum absolute atomic E-state index is 0.0604. The van der Waals surface area contributed by atoms with Crippen molar-refractivity contribution in [2.45, 2.75) is 181 Å². The topological polar surface area (TPSA) is 101 Å². The van der Waals surface area contributed by atoms with Gasteiger partial charge in [0.2, 0.25) is 0 Å². The molecular weight excluding hydrogens is 767 g/mol. The van der Waals surface area contributed by atoms with Crippen LogP contribution in [0.5, 0.6) is 11.5 Å². The highest BCUT2D eigenvalue weighted by Crippen LogP contribution is 2.24. The molecule has 0 unspecified atom stereocenters. The van der Waals surface area contributed by atoms with Gasteiger partial charge in [0.05, 0.1) is 6.42 Å². The van der Waals surface area contributed by atoms with Gasteiger partial charge in [-0.1, -0.05) is 127 Å². The number of hydrogen-bond donors (Lipinski definition) is 0. The Kier molecular flexibility index (Phi) is 37.5. The molecule has 0 atom stereocenters. The number of unbranched alkanes of at least 4 members (excludes halogenated alkanes) is 16. The van der Waals surface area contributed by atoms with E-state index in [1.807, 2.05) is 19.0 Å². The van der Waals surface area contributed by atoms with E-state index < -0.39 is 0 Å². The van der Waals surface area contributed by atoms with Crippen molar-refractivity contribution in [3.63, 3.8) is 0 Å². The SMILES string of the molecule is CCCCC/C=C\C/C=C\CCCCCCCC(=O)OCCOc1cc(COC(=O)CCN(C)C)cc(OCCOC(=O)CCCCCCC/C=C\C/C=C\CCCCC)c1. The van der Waals surface area contributed by atoms with Gasteiger partial charge >= 0.3 is 17.9 Å². The Morgan fingerprint density at radius 1 is 0.459 bits per heavy atom. The second kappa shape index (κ2) is 41.5. The van der Waals surface area contributed by atoms with Crippen LogP contribution >= 0.6 is 0 Å². The third-order valence-corrected chi connectivity index (χ3v) is 10.00. The summed E-state index contributed by atoms with van der Waals surface area (Å²) in [6, 6.07) is 5.29. The first kappa shape index (κ1) is 55.2. The van der Waals surface area contributed by atoms with Gasteiger partial charge in [0.15, 0.2) is 0 Å². The van der Waals surface area contributed by atoms with Gasteiger partial charge in [-0.25, -0.2) is 0 Å². The van der Waals surface area contributed by atoms with Gasteiger partial charge < -0.3 is 28.6 Å². The molecule has 9 heteroatoms. The van der Waals surface area contributed by atoms with Crippen LogP contribution in [0.25, 0.3) is 0 Å². The Morgan fingerprint density at radius 3 is 1.28 bits per heavy atom. The highest BCUT2D eigenvalue weighted by atomic mass is 16.6. The van der Waals surface area contributed by atoms with Gasteiger partial charge in [0.25, 0.3) is 0 Å². The lowest BCUT2D eigenvalue weighted by Gasteiger charge is -2.14. The summed E-state index contributed by atoms with van der Waals surface area (Å²) in [4.78, 5) is 38.8. The number of ether oxygens (including phenoxy) is 5. The van der Waals surface area contributed by atoms with Gasteiger partial charge in [0.1, 0.15) is 44.5 Å². The minimum atomic E-state index is -0.297. The summed E-state index contributed by atoms with van der Waals surface area (Å²) in [6.45, 7) is 5.73. The first-order valence-corrected chi connectivity index (χ1v) is 23.9. The first-order valence-electron chi connectivity index (χ1n) is 23.9. The molecule has 0 aliphatic carbocycles. The maximum atomic E-state index is 12.3. The van der Waals surface area contributed by atoms with Gasteiger partial charge in [-0.2, -0.15) is 0 Å². The lowest BCUT2D eigenvalue weighted by Crippen LogP contribution is -2.18. The van der Waals surface area contributed by atoms with E-state index in [0.29, 0.717) is 36.4 Å². The van der Waals surface area contributed by atoms with Crippen molar-refractivity contribution in [2.75, 3.05) is 47.1 Å². The molecule has 0 aromatic heterocycles. The number of nitrogens with zero attached hydrogens (tertiary/aromatic N) is 1. The zero-order valence-electron chi connectivity index (χ0n) is 39.0. The number of allylic oxidation sites excluding steroid dienone is 8. The summed E-state index contributed by atoms with van der Waals surface area (Å²) >= 11 is 0. The van der Waals surface area contributed by atoms with Gasteiger partial charge in [-0.3, -0.25) is 14.4 Å². The smallest absolute Gasteiger partial charge is 0.307 e. The average Bonchev–Trinajstić information content (AvgIpc) is 3.25. The van der Waals surface area contributed by atoms with E-state index in [-0.39, 0.29) is 57.4 Å². The molecular formula is C52H85NO8. The molecule has 0 N–H and O–H groups in total. The van der Waals surface area contributed by atoms with Crippen LogP contribution in [-0.4, -0.2) is 69.9 Å². The third-order valence-electron chi connectivity index (χ3n) is 10.00. The zero-order valence-corrected chi connectivity index (χ0v) is 39.0. The van der Waals surface area contributed by atoms with E-state index >= 15 is 0 Å². The van der Waals surface area contributed by atoms with Crippen molar-refractivity contribution in [3.05, 3.63) is 72.4 Å². The van der Waals surface area contributed by atoms with Crippen LogP contribution in [0.1, 0.15) is 180 Å². The summed E-state index contributed by atoms with van der Waals surface area (Å²) < 4.78 is 28.1. The normalized spacial score (nSPS) is 11.8. The van der Waals surface area contributed by atoms with E-state index in [4.69, 9.17) is 23.7 Å². The van der Waals surface area contributed by atoms with Crippen LogP contribution in [0.4, 0.5) is 0 Å². The molecule has 0 aliphatic heterocycles. The molecule has 0 fully saturated rings. The quantitative estimate of drug-likeness (QED) is 0.0276. The molecule has 1 aromatic rings. The van der Waals surface area contributed by atoms with Crippen LogP contribution in [0.2, 0.25) is 0 Å². The monoisotopic (exact) mass is 852 g/mol. The Morgan fingerprint density at radius 2 is 0.852 bits per heavy atom. The van der Waals surface area contributed by atoms with E-state index in [9.17, 15) is 14.4 Å². The fourth-order valence-corrected chi connectivity index (χ4v) is 6.37. The van der Waals surface area contributed by atoms with E-state index in [0.717, 1.165) is 64.2 Å². The summed E-state index contributed by atoms with van der Waals surface area (Å²) in [5.41, 5.74) is 0.697. The zero-order chi connectivity index (χ0) is 44.3. The number of benzene rings is 1. The van der Waals surface area contributed by atoms with Crippen LogP contribution in [-0.2, 0) is 35.2 Å². The lowest BCUT2D eigenvalue weighted by atomic mass is 10.1. The largest absolute Gasteiger partial charge is 0.490 e. The Bertz CT molecular complexity index is 1270. The molecule has 0 bridgehead atoms. The molecule has 346 valence electrons. The van der Waals surface area contributed by atoms with Crippen molar-refractivity contribution in [1.82, 2.24) is 4.90 Å². The number of carbonyl (C=O) groups excluding carboxylic acids is 3. The summed E-state index contributed by atoms with van der Waals surface area (Å²) in [6.07, 6.45) is 44.2. The summed E-state index contributed by atoms with van der Waals surface area (Å²) in [5, 5.41) is 0. The molecule has 0 amide bonds. The number of carbonyl (C=O) groups is 3.